The Labute approximate surface area is 323 Å². The van der Waals surface area contributed by atoms with Gasteiger partial charge in [-0.3, -0.25) is 14.4 Å². The van der Waals surface area contributed by atoms with E-state index in [-0.39, 0.29) is 24.5 Å². The zero-order chi connectivity index (χ0) is 41.0. The maximum absolute atomic E-state index is 12.6. The molecule has 0 aliphatic carbocycles. The molecule has 3 amide bonds. The number of ether oxygens (including phenoxy) is 3. The molecule has 0 aromatic heterocycles. The van der Waals surface area contributed by atoms with Crippen LogP contribution < -0.4 is 15.2 Å². The summed E-state index contributed by atoms with van der Waals surface area (Å²) in [6.45, 7) is 8.24. The van der Waals surface area contributed by atoms with E-state index in [1.165, 1.54) is 4.90 Å². The van der Waals surface area contributed by atoms with Gasteiger partial charge in [0.1, 0.15) is 24.7 Å². The van der Waals surface area contributed by atoms with Crippen LogP contribution in [0.15, 0.2) is 48.5 Å². The number of alkyl halides is 3. The number of rotatable bonds is 11. The fraction of sp³-hybridized carbons (Fsp3) is 0.600. The molecule has 2 N–H and O–H groups in total. The van der Waals surface area contributed by atoms with Gasteiger partial charge in [0, 0.05) is 25.2 Å². The van der Waals surface area contributed by atoms with Crippen LogP contribution in [0.5, 0.6) is 11.5 Å². The lowest BCUT2D eigenvalue weighted by Crippen LogP contribution is -2.46. The molecular weight excluding hydrogens is 719 g/mol. The van der Waals surface area contributed by atoms with Crippen molar-refractivity contribution in [3.05, 3.63) is 59.7 Å². The second-order valence-corrected chi connectivity index (χ2v) is 15.3. The lowest BCUT2D eigenvalue weighted by molar-refractivity contribution is -0.190. The number of esters is 1. The summed E-state index contributed by atoms with van der Waals surface area (Å²) in [5.41, 5.74) is 6.99. The molecule has 55 heavy (non-hydrogen) atoms. The summed E-state index contributed by atoms with van der Waals surface area (Å²) in [5.74, 6) is -2.15. The molecule has 6 atom stereocenters. The fourth-order valence-electron chi connectivity index (χ4n) is 6.27. The Morgan fingerprint density at radius 1 is 0.745 bits per heavy atom. The minimum Gasteiger partial charge on any atom is -0.492 e. The first kappa shape index (κ1) is 45.0. The summed E-state index contributed by atoms with van der Waals surface area (Å²) >= 11 is 0. The molecule has 2 aromatic rings. The minimum atomic E-state index is -4.68. The molecule has 15 heteroatoms. The number of hydrogen-bond acceptors (Lipinski definition) is 9. The maximum Gasteiger partial charge on any atom is 0.422 e. The molecule has 2 aromatic carbocycles. The predicted molar refractivity (Wildman–Crippen MR) is 202 cm³/mol. The van der Waals surface area contributed by atoms with Gasteiger partial charge in [-0.15, -0.1) is 0 Å². The smallest absolute Gasteiger partial charge is 0.422 e. The Bertz CT molecular complexity index is 1590. The first-order chi connectivity index (χ1) is 25.8. The standard InChI is InChI=1S/C21H29F3N2O4.C19H29N3O3/c1-14-8-9-18(26(11-14)19(27)20(28)30-13-21(22,23)24)16-6-5-7-17(10-16)29-12-15(2)25(3)4;1-13-8-9-17(22(11-13)19(24)18(20)23)15-6-5-7-16(10-15)25-12-14(2)21(3)4/h5-7,10,14-15,18H,8-9,11-13H2,1-4H3;5-7,10,13-14,17H,8-9,11-12H2,1-4H3,(H2,20,23)/t14-,15?,18+;13-,14?,17+/m00/s1. The van der Waals surface area contributed by atoms with Crippen molar-refractivity contribution in [2.24, 2.45) is 17.6 Å². The average molecular weight is 778 g/mol. The Morgan fingerprint density at radius 3 is 1.55 bits per heavy atom. The Balaban J connectivity index is 0.000000300. The molecule has 2 fully saturated rings. The van der Waals surface area contributed by atoms with Crippen molar-refractivity contribution in [1.29, 1.82) is 0 Å². The summed E-state index contributed by atoms with van der Waals surface area (Å²) in [7, 11) is 7.94. The number of carbonyl (C=O) groups excluding carboxylic acids is 4. The Morgan fingerprint density at radius 2 is 1.16 bits per heavy atom. The van der Waals surface area contributed by atoms with Crippen molar-refractivity contribution < 1.29 is 46.6 Å². The zero-order valence-corrected chi connectivity index (χ0v) is 33.3. The Kier molecular flexibility index (Phi) is 16.8. The number of benzene rings is 2. The van der Waals surface area contributed by atoms with E-state index < -0.39 is 42.5 Å². The van der Waals surface area contributed by atoms with Gasteiger partial charge >= 0.3 is 29.9 Å². The van der Waals surface area contributed by atoms with Crippen LogP contribution in [0.2, 0.25) is 0 Å². The molecule has 2 unspecified atom stereocenters. The summed E-state index contributed by atoms with van der Waals surface area (Å²) in [5, 5.41) is 0. The summed E-state index contributed by atoms with van der Waals surface area (Å²) in [6, 6.07) is 15.0. The fourth-order valence-corrected chi connectivity index (χ4v) is 6.27. The molecular formula is C40H58F3N5O7. The number of likely N-dealkylation sites (N-methyl/N-ethyl adjacent to an activating group) is 2. The highest BCUT2D eigenvalue weighted by Gasteiger charge is 2.38. The summed E-state index contributed by atoms with van der Waals surface area (Å²) < 4.78 is 52.9. The normalized spacial score (nSPS) is 21.3. The van der Waals surface area contributed by atoms with Crippen molar-refractivity contribution in [2.45, 2.75) is 83.7 Å². The quantitative estimate of drug-likeness (QED) is 0.241. The minimum absolute atomic E-state index is 0.126. The van der Waals surface area contributed by atoms with Crippen molar-refractivity contribution >= 4 is 23.7 Å². The molecule has 0 radical (unpaired) electrons. The highest BCUT2D eigenvalue weighted by atomic mass is 19.4. The third-order valence-corrected chi connectivity index (χ3v) is 10.1. The highest BCUT2D eigenvalue weighted by molar-refractivity contribution is 6.34. The third-order valence-electron chi connectivity index (χ3n) is 10.1. The number of piperidine rings is 2. The summed E-state index contributed by atoms with van der Waals surface area (Å²) in [6.07, 6.45) is -1.43. The van der Waals surface area contributed by atoms with Gasteiger partial charge in [-0.05, 0) is 115 Å². The predicted octanol–water partition coefficient (Wildman–Crippen LogP) is 5.22. The van der Waals surface area contributed by atoms with E-state index >= 15 is 0 Å². The van der Waals surface area contributed by atoms with Gasteiger partial charge in [-0.2, -0.15) is 13.2 Å². The SMILES string of the molecule is CC(COc1cccc([C@H]2CC[C@H](C)CN2C(=O)C(=O)OCC(F)(F)F)c1)N(C)C.CC(COc1cccc([C@H]2CC[C@H](C)CN2C(=O)C(N)=O)c1)N(C)C. The monoisotopic (exact) mass is 777 g/mol. The maximum atomic E-state index is 12.6. The van der Waals surface area contributed by atoms with Crippen molar-refractivity contribution in [2.75, 3.05) is 61.1 Å². The van der Waals surface area contributed by atoms with Gasteiger partial charge in [-0.1, -0.05) is 38.1 Å². The molecule has 0 bridgehead atoms. The van der Waals surface area contributed by atoms with Crippen LogP contribution in [0.3, 0.4) is 0 Å². The molecule has 2 aliphatic rings. The van der Waals surface area contributed by atoms with E-state index in [0.717, 1.165) is 36.1 Å². The van der Waals surface area contributed by atoms with E-state index in [4.69, 9.17) is 15.2 Å². The van der Waals surface area contributed by atoms with Gasteiger partial charge in [-0.25, -0.2) is 4.79 Å². The topological polar surface area (TPSA) is 135 Å². The number of halogens is 3. The number of amides is 3. The van der Waals surface area contributed by atoms with E-state index in [1.807, 2.05) is 83.3 Å². The van der Waals surface area contributed by atoms with Gasteiger partial charge < -0.3 is 39.5 Å². The largest absolute Gasteiger partial charge is 0.492 e. The number of hydrogen-bond donors (Lipinski definition) is 1. The van der Waals surface area contributed by atoms with Gasteiger partial charge in [0.2, 0.25) is 0 Å². The molecule has 2 aliphatic heterocycles. The zero-order valence-electron chi connectivity index (χ0n) is 33.3. The highest BCUT2D eigenvalue weighted by Crippen LogP contribution is 2.36. The van der Waals surface area contributed by atoms with Crippen molar-refractivity contribution in [1.82, 2.24) is 19.6 Å². The van der Waals surface area contributed by atoms with Gasteiger partial charge in [0.05, 0.1) is 12.1 Å². The van der Waals surface area contributed by atoms with E-state index in [1.54, 1.807) is 17.0 Å². The van der Waals surface area contributed by atoms with E-state index in [9.17, 15) is 32.3 Å². The molecule has 4 rings (SSSR count). The Hall–Kier alpha value is -4.37. The number of carbonyl (C=O) groups is 4. The van der Waals surface area contributed by atoms with Crippen LogP contribution in [0, 0.1) is 11.8 Å². The molecule has 12 nitrogen and oxygen atoms in total. The first-order valence-corrected chi connectivity index (χ1v) is 18.7. The molecule has 2 heterocycles. The van der Waals surface area contributed by atoms with Gasteiger partial charge in [0.25, 0.3) is 0 Å². The second-order valence-electron chi connectivity index (χ2n) is 15.3. The van der Waals surface area contributed by atoms with Crippen LogP contribution in [-0.4, -0.2) is 123 Å². The van der Waals surface area contributed by atoms with E-state index in [0.29, 0.717) is 43.9 Å². The number of likely N-dealkylation sites (tertiary alicyclic amines) is 2. The van der Waals surface area contributed by atoms with Crippen LogP contribution in [0.1, 0.15) is 76.6 Å². The van der Waals surface area contributed by atoms with Crippen LogP contribution in [-0.2, 0) is 23.9 Å². The lowest BCUT2D eigenvalue weighted by Gasteiger charge is -2.38. The van der Waals surface area contributed by atoms with Crippen molar-refractivity contribution in [3.8, 4) is 11.5 Å². The number of nitrogens with two attached hydrogens (primary N) is 1. The number of nitrogens with zero attached hydrogens (tertiary/aromatic N) is 4. The molecule has 0 saturated carbocycles. The lowest BCUT2D eigenvalue weighted by atomic mass is 9.89. The van der Waals surface area contributed by atoms with E-state index in [2.05, 4.69) is 23.5 Å². The number of primary amides is 1. The van der Waals surface area contributed by atoms with Crippen LogP contribution >= 0.6 is 0 Å². The average Bonchev–Trinajstić information content (AvgIpc) is 3.14. The summed E-state index contributed by atoms with van der Waals surface area (Å²) in [4.78, 5) is 55.2. The second kappa shape index (κ2) is 20.5. The van der Waals surface area contributed by atoms with Crippen LogP contribution in [0.25, 0.3) is 0 Å². The van der Waals surface area contributed by atoms with Crippen LogP contribution in [0.4, 0.5) is 13.2 Å². The third kappa shape index (κ3) is 14.0. The molecule has 2 saturated heterocycles. The molecule has 306 valence electrons. The van der Waals surface area contributed by atoms with Crippen molar-refractivity contribution in [3.63, 3.8) is 0 Å². The first-order valence-electron chi connectivity index (χ1n) is 18.7. The molecule has 0 spiro atoms. The van der Waals surface area contributed by atoms with Gasteiger partial charge in [0.15, 0.2) is 6.61 Å².